The normalized spacial score (nSPS) is 10.6. The number of aromatic nitrogens is 3. The standard InChI is InChI=1S/C26H28N6O/c1-4-31(5-2)24-18-19(3)27-26(30-24)29-22-12-10-21(11-13-22)28-25(33)20-8-14-23(15-9-20)32-16-6-7-17-32/h6-18H,4-5H2,1-3H3,(H,28,33)(H,27,29,30). The molecule has 2 aromatic carbocycles. The van der Waals surface area contributed by atoms with Crippen molar-refractivity contribution < 1.29 is 4.79 Å². The molecule has 0 aliphatic rings. The van der Waals surface area contributed by atoms with E-state index < -0.39 is 0 Å². The summed E-state index contributed by atoms with van der Waals surface area (Å²) in [6.07, 6.45) is 3.94. The molecule has 0 aliphatic carbocycles. The Hall–Kier alpha value is -4.13. The summed E-state index contributed by atoms with van der Waals surface area (Å²) in [6.45, 7) is 7.95. The lowest BCUT2D eigenvalue weighted by molar-refractivity contribution is 0.102. The van der Waals surface area contributed by atoms with Gasteiger partial charge in [0.15, 0.2) is 0 Å². The van der Waals surface area contributed by atoms with Crippen molar-refractivity contribution in [3.63, 3.8) is 0 Å². The van der Waals surface area contributed by atoms with Crippen molar-refractivity contribution in [2.24, 2.45) is 0 Å². The first kappa shape index (κ1) is 22.1. The maximum absolute atomic E-state index is 12.6. The largest absolute Gasteiger partial charge is 0.357 e. The van der Waals surface area contributed by atoms with E-state index in [1.54, 1.807) is 0 Å². The molecule has 4 aromatic rings. The molecule has 0 atom stereocenters. The summed E-state index contributed by atoms with van der Waals surface area (Å²) in [5, 5.41) is 6.20. The van der Waals surface area contributed by atoms with Gasteiger partial charge in [0.25, 0.3) is 5.91 Å². The monoisotopic (exact) mass is 440 g/mol. The summed E-state index contributed by atoms with van der Waals surface area (Å²) in [7, 11) is 0. The number of rotatable bonds is 8. The van der Waals surface area contributed by atoms with Crippen molar-refractivity contribution in [2.75, 3.05) is 28.6 Å². The minimum atomic E-state index is -0.152. The number of hydrogen-bond donors (Lipinski definition) is 2. The highest BCUT2D eigenvalue weighted by Crippen LogP contribution is 2.20. The van der Waals surface area contributed by atoms with E-state index in [9.17, 15) is 4.79 Å². The highest BCUT2D eigenvalue weighted by molar-refractivity contribution is 6.04. The second-order valence-corrected chi connectivity index (χ2v) is 7.66. The quantitative estimate of drug-likeness (QED) is 0.383. The van der Waals surface area contributed by atoms with Crippen molar-refractivity contribution >= 4 is 29.0 Å². The lowest BCUT2D eigenvalue weighted by atomic mass is 10.2. The molecule has 2 aromatic heterocycles. The van der Waals surface area contributed by atoms with Crippen LogP contribution in [0.15, 0.2) is 79.1 Å². The second kappa shape index (κ2) is 9.99. The van der Waals surface area contributed by atoms with Crippen LogP contribution in [0.4, 0.5) is 23.1 Å². The summed E-state index contributed by atoms with van der Waals surface area (Å²) in [6, 6.07) is 20.9. The molecule has 0 aliphatic heterocycles. The number of carbonyl (C=O) groups excluding carboxylic acids is 1. The van der Waals surface area contributed by atoms with Gasteiger partial charge in [0.2, 0.25) is 5.95 Å². The van der Waals surface area contributed by atoms with Crippen LogP contribution in [0.2, 0.25) is 0 Å². The lowest BCUT2D eigenvalue weighted by Gasteiger charge is -2.20. The lowest BCUT2D eigenvalue weighted by Crippen LogP contribution is -2.23. The number of anilines is 4. The molecule has 0 spiro atoms. The Morgan fingerprint density at radius 3 is 2.18 bits per heavy atom. The average molecular weight is 441 g/mol. The summed E-state index contributed by atoms with van der Waals surface area (Å²) in [5.41, 5.74) is 4.08. The van der Waals surface area contributed by atoms with E-state index in [0.717, 1.165) is 36.0 Å². The number of nitrogens with one attached hydrogen (secondary N) is 2. The van der Waals surface area contributed by atoms with Gasteiger partial charge in [-0.2, -0.15) is 4.98 Å². The maximum Gasteiger partial charge on any atom is 0.255 e. The van der Waals surface area contributed by atoms with E-state index in [-0.39, 0.29) is 5.91 Å². The third-order valence-electron chi connectivity index (χ3n) is 5.36. The zero-order valence-corrected chi connectivity index (χ0v) is 19.1. The molecule has 33 heavy (non-hydrogen) atoms. The number of benzene rings is 2. The van der Waals surface area contributed by atoms with Crippen LogP contribution < -0.4 is 15.5 Å². The molecule has 0 radical (unpaired) electrons. The predicted molar refractivity (Wildman–Crippen MR) is 134 cm³/mol. The molecule has 168 valence electrons. The Morgan fingerprint density at radius 2 is 1.55 bits per heavy atom. The highest BCUT2D eigenvalue weighted by atomic mass is 16.1. The Kier molecular flexibility index (Phi) is 6.69. The Morgan fingerprint density at radius 1 is 0.909 bits per heavy atom. The molecule has 7 nitrogen and oxygen atoms in total. The summed E-state index contributed by atoms with van der Waals surface area (Å²) >= 11 is 0. The van der Waals surface area contributed by atoms with Gasteiger partial charge in [0, 0.05) is 59.9 Å². The van der Waals surface area contributed by atoms with Crippen LogP contribution in [0.5, 0.6) is 0 Å². The minimum Gasteiger partial charge on any atom is -0.357 e. The smallest absolute Gasteiger partial charge is 0.255 e. The molecule has 0 saturated carbocycles. The van der Waals surface area contributed by atoms with Crippen LogP contribution in [-0.4, -0.2) is 33.5 Å². The van der Waals surface area contributed by atoms with Gasteiger partial charge in [-0.1, -0.05) is 0 Å². The van der Waals surface area contributed by atoms with Crippen LogP contribution in [-0.2, 0) is 0 Å². The van der Waals surface area contributed by atoms with Crippen LogP contribution >= 0.6 is 0 Å². The van der Waals surface area contributed by atoms with Gasteiger partial charge in [-0.3, -0.25) is 4.79 Å². The molecule has 0 fully saturated rings. The van der Waals surface area contributed by atoms with Crippen molar-refractivity contribution in [2.45, 2.75) is 20.8 Å². The molecule has 1 amide bonds. The van der Waals surface area contributed by atoms with Crippen molar-refractivity contribution in [3.8, 4) is 5.69 Å². The molecule has 2 heterocycles. The van der Waals surface area contributed by atoms with E-state index >= 15 is 0 Å². The number of carbonyl (C=O) groups is 1. The zero-order valence-electron chi connectivity index (χ0n) is 19.1. The second-order valence-electron chi connectivity index (χ2n) is 7.66. The SMILES string of the molecule is CCN(CC)c1cc(C)nc(Nc2ccc(NC(=O)c3ccc(-n4cccc4)cc3)cc2)n1. The van der Waals surface area contributed by atoms with E-state index in [1.165, 1.54) is 0 Å². The fourth-order valence-corrected chi connectivity index (χ4v) is 3.58. The van der Waals surface area contributed by atoms with Gasteiger partial charge in [-0.25, -0.2) is 4.98 Å². The zero-order chi connectivity index (χ0) is 23.2. The Labute approximate surface area is 194 Å². The van der Waals surface area contributed by atoms with Crippen LogP contribution in [0, 0.1) is 6.92 Å². The van der Waals surface area contributed by atoms with Gasteiger partial charge in [-0.15, -0.1) is 0 Å². The molecule has 0 bridgehead atoms. The predicted octanol–water partition coefficient (Wildman–Crippen LogP) is 5.42. The Balaban J connectivity index is 1.41. The topological polar surface area (TPSA) is 75.1 Å². The first-order chi connectivity index (χ1) is 16.1. The summed E-state index contributed by atoms with van der Waals surface area (Å²) in [4.78, 5) is 23.9. The number of amides is 1. The van der Waals surface area contributed by atoms with Crippen molar-refractivity contribution in [1.29, 1.82) is 0 Å². The van der Waals surface area contributed by atoms with Crippen molar-refractivity contribution in [3.05, 3.63) is 90.4 Å². The molecule has 4 rings (SSSR count). The number of nitrogens with zero attached hydrogens (tertiary/aromatic N) is 4. The van der Waals surface area contributed by atoms with E-state index in [0.29, 0.717) is 17.2 Å². The van der Waals surface area contributed by atoms with E-state index in [4.69, 9.17) is 0 Å². The van der Waals surface area contributed by atoms with Crippen LogP contribution in [0.3, 0.4) is 0 Å². The van der Waals surface area contributed by atoms with Crippen LogP contribution in [0.1, 0.15) is 29.9 Å². The van der Waals surface area contributed by atoms with E-state index in [1.807, 2.05) is 90.6 Å². The van der Waals surface area contributed by atoms with Gasteiger partial charge >= 0.3 is 0 Å². The fourth-order valence-electron chi connectivity index (χ4n) is 3.58. The number of hydrogen-bond acceptors (Lipinski definition) is 5. The summed E-state index contributed by atoms with van der Waals surface area (Å²) < 4.78 is 2.00. The first-order valence-electron chi connectivity index (χ1n) is 11.1. The molecule has 0 saturated heterocycles. The van der Waals surface area contributed by atoms with Gasteiger partial charge < -0.3 is 20.1 Å². The van der Waals surface area contributed by atoms with E-state index in [2.05, 4.69) is 39.3 Å². The summed E-state index contributed by atoms with van der Waals surface area (Å²) in [5.74, 6) is 1.30. The highest BCUT2D eigenvalue weighted by Gasteiger charge is 2.09. The minimum absolute atomic E-state index is 0.152. The molecule has 0 unspecified atom stereocenters. The number of aryl methyl sites for hydroxylation is 1. The molecular weight excluding hydrogens is 412 g/mol. The van der Waals surface area contributed by atoms with Crippen molar-refractivity contribution in [1.82, 2.24) is 14.5 Å². The third-order valence-corrected chi connectivity index (χ3v) is 5.36. The fraction of sp³-hybridized carbons (Fsp3) is 0.192. The van der Waals surface area contributed by atoms with Gasteiger partial charge in [0.05, 0.1) is 0 Å². The maximum atomic E-state index is 12.6. The third kappa shape index (κ3) is 5.38. The molecule has 7 heteroatoms. The first-order valence-corrected chi connectivity index (χ1v) is 11.1. The molecular formula is C26H28N6O. The molecule has 2 N–H and O–H groups in total. The Bertz CT molecular complexity index is 1200. The van der Waals surface area contributed by atoms with Gasteiger partial charge in [-0.05, 0) is 81.4 Å². The van der Waals surface area contributed by atoms with Crippen LogP contribution in [0.25, 0.3) is 5.69 Å². The van der Waals surface area contributed by atoms with Gasteiger partial charge in [0.1, 0.15) is 5.82 Å². The average Bonchev–Trinajstić information content (AvgIpc) is 3.36.